The predicted molar refractivity (Wildman–Crippen MR) is 116 cm³/mol. The molecule has 0 amide bonds. The van der Waals surface area contributed by atoms with E-state index in [4.69, 9.17) is 23.2 Å². The first-order valence-electron chi connectivity index (χ1n) is 8.04. The molecule has 0 radical (unpaired) electrons. The van der Waals surface area contributed by atoms with Gasteiger partial charge in [-0.2, -0.15) is 0 Å². The maximum atomic E-state index is 6.25. The largest absolute Gasteiger partial charge is 0.378 e. The zero-order valence-electron chi connectivity index (χ0n) is 15.3. The SMILES string of the molecule is CN(C)C=Nc1c(Cl)cc(N=CC=Cc2ccc(N(C)C)cc2)cc1Cl. The third kappa shape index (κ3) is 5.90. The summed E-state index contributed by atoms with van der Waals surface area (Å²) < 4.78 is 0. The van der Waals surface area contributed by atoms with Gasteiger partial charge in [-0.05, 0) is 35.9 Å². The molecule has 0 fully saturated rings. The van der Waals surface area contributed by atoms with Crippen molar-refractivity contribution in [1.82, 2.24) is 4.90 Å². The maximum absolute atomic E-state index is 6.25. The summed E-state index contributed by atoms with van der Waals surface area (Å²) in [6.45, 7) is 0. The first-order chi connectivity index (χ1) is 12.4. The average molecular weight is 389 g/mol. The quantitative estimate of drug-likeness (QED) is 0.469. The fraction of sp³-hybridized carbons (Fsp3) is 0.200. The summed E-state index contributed by atoms with van der Waals surface area (Å²) >= 11 is 12.5. The molecule has 0 bridgehead atoms. The van der Waals surface area contributed by atoms with Crippen LogP contribution in [0.15, 0.2) is 52.5 Å². The molecule has 0 N–H and O–H groups in total. The van der Waals surface area contributed by atoms with Crippen molar-refractivity contribution in [3.05, 3.63) is 58.1 Å². The van der Waals surface area contributed by atoms with E-state index < -0.39 is 0 Å². The summed E-state index contributed by atoms with van der Waals surface area (Å²) in [5, 5.41) is 0.928. The van der Waals surface area contributed by atoms with Gasteiger partial charge in [-0.15, -0.1) is 0 Å². The maximum Gasteiger partial charge on any atom is 0.102 e. The first kappa shape index (κ1) is 20.0. The summed E-state index contributed by atoms with van der Waals surface area (Å²) in [6, 6.07) is 11.8. The van der Waals surface area contributed by atoms with Crippen molar-refractivity contribution >= 4 is 58.9 Å². The zero-order valence-corrected chi connectivity index (χ0v) is 16.8. The van der Waals surface area contributed by atoms with E-state index in [1.807, 2.05) is 45.2 Å². The molecular formula is C20H22Cl2N4. The highest BCUT2D eigenvalue weighted by Crippen LogP contribution is 2.36. The highest BCUT2D eigenvalue weighted by molar-refractivity contribution is 6.39. The first-order valence-corrected chi connectivity index (χ1v) is 8.80. The number of aliphatic imine (C=N–C) groups is 2. The van der Waals surface area contributed by atoms with Crippen LogP contribution in [0.25, 0.3) is 6.08 Å². The number of anilines is 1. The Morgan fingerprint density at radius 2 is 1.50 bits per heavy atom. The molecule has 0 atom stereocenters. The number of hydrogen-bond acceptors (Lipinski definition) is 3. The molecule has 2 rings (SSSR count). The molecule has 6 heteroatoms. The predicted octanol–water partition coefficient (Wildman–Crippen LogP) is 5.70. The van der Waals surface area contributed by atoms with Crippen molar-refractivity contribution in [2.75, 3.05) is 33.1 Å². The Hall–Kier alpha value is -2.30. The molecule has 26 heavy (non-hydrogen) atoms. The molecule has 0 aromatic heterocycles. The molecule has 0 heterocycles. The van der Waals surface area contributed by atoms with Gasteiger partial charge in [0.2, 0.25) is 0 Å². The number of benzene rings is 2. The van der Waals surface area contributed by atoms with Crippen LogP contribution < -0.4 is 4.90 Å². The van der Waals surface area contributed by atoms with Crippen LogP contribution in [0.3, 0.4) is 0 Å². The summed E-state index contributed by atoms with van der Waals surface area (Å²) in [4.78, 5) is 12.5. The van der Waals surface area contributed by atoms with Gasteiger partial charge in [0.25, 0.3) is 0 Å². The molecule has 2 aromatic rings. The Kier molecular flexibility index (Phi) is 7.25. The van der Waals surface area contributed by atoms with Gasteiger partial charge in [0, 0.05) is 40.1 Å². The van der Waals surface area contributed by atoms with Gasteiger partial charge in [-0.25, -0.2) is 4.99 Å². The summed E-state index contributed by atoms with van der Waals surface area (Å²) in [7, 11) is 7.80. The highest BCUT2D eigenvalue weighted by atomic mass is 35.5. The second kappa shape index (κ2) is 9.41. The Labute approximate surface area is 165 Å². The lowest BCUT2D eigenvalue weighted by molar-refractivity contribution is 0.643. The smallest absolute Gasteiger partial charge is 0.102 e. The van der Waals surface area contributed by atoms with Gasteiger partial charge in [-0.1, -0.05) is 41.4 Å². The van der Waals surface area contributed by atoms with Crippen LogP contribution in [0, 0.1) is 0 Å². The lowest BCUT2D eigenvalue weighted by atomic mass is 10.2. The van der Waals surface area contributed by atoms with E-state index in [1.54, 1.807) is 24.7 Å². The van der Waals surface area contributed by atoms with Crippen molar-refractivity contribution in [1.29, 1.82) is 0 Å². The van der Waals surface area contributed by atoms with Crippen molar-refractivity contribution in [2.45, 2.75) is 0 Å². The van der Waals surface area contributed by atoms with E-state index in [9.17, 15) is 0 Å². The molecule has 2 aromatic carbocycles. The van der Waals surface area contributed by atoms with E-state index in [0.29, 0.717) is 21.4 Å². The molecule has 0 saturated heterocycles. The second-order valence-corrected chi connectivity index (χ2v) is 6.90. The molecule has 4 nitrogen and oxygen atoms in total. The Balaban J connectivity index is 2.08. The van der Waals surface area contributed by atoms with Crippen LogP contribution >= 0.6 is 23.2 Å². The summed E-state index contributed by atoms with van der Waals surface area (Å²) in [6.07, 6.45) is 7.23. The van der Waals surface area contributed by atoms with Crippen molar-refractivity contribution in [3.63, 3.8) is 0 Å². The van der Waals surface area contributed by atoms with Crippen LogP contribution in [-0.2, 0) is 0 Å². The lowest BCUT2D eigenvalue weighted by Gasteiger charge is -2.11. The van der Waals surface area contributed by atoms with Gasteiger partial charge in [0.05, 0.1) is 22.1 Å². The third-order valence-corrected chi connectivity index (χ3v) is 4.00. The van der Waals surface area contributed by atoms with Gasteiger partial charge in [0.1, 0.15) is 5.69 Å². The zero-order chi connectivity index (χ0) is 19.1. The minimum Gasteiger partial charge on any atom is -0.378 e. The van der Waals surface area contributed by atoms with Gasteiger partial charge < -0.3 is 9.80 Å². The molecule has 0 aliphatic heterocycles. The van der Waals surface area contributed by atoms with E-state index >= 15 is 0 Å². The van der Waals surface area contributed by atoms with Gasteiger partial charge in [-0.3, -0.25) is 4.99 Å². The van der Waals surface area contributed by atoms with Crippen LogP contribution in [0.2, 0.25) is 10.0 Å². The summed E-state index contributed by atoms with van der Waals surface area (Å²) in [5.41, 5.74) is 3.48. The Morgan fingerprint density at radius 1 is 0.885 bits per heavy atom. The molecule has 0 saturated carbocycles. The fourth-order valence-electron chi connectivity index (χ4n) is 2.09. The molecular weight excluding hydrogens is 367 g/mol. The molecule has 0 unspecified atom stereocenters. The Morgan fingerprint density at radius 3 is 2.04 bits per heavy atom. The van der Waals surface area contributed by atoms with Crippen LogP contribution in [0.5, 0.6) is 0 Å². The van der Waals surface area contributed by atoms with E-state index in [-0.39, 0.29) is 0 Å². The molecule has 136 valence electrons. The number of rotatable bonds is 6. The number of halogens is 2. The van der Waals surface area contributed by atoms with Crippen LogP contribution in [0.1, 0.15) is 5.56 Å². The van der Waals surface area contributed by atoms with Crippen molar-refractivity contribution in [3.8, 4) is 0 Å². The average Bonchev–Trinajstić information content (AvgIpc) is 2.58. The number of nitrogens with zero attached hydrogens (tertiary/aromatic N) is 4. The van der Waals surface area contributed by atoms with E-state index in [2.05, 4.69) is 39.2 Å². The minimum atomic E-state index is 0.464. The topological polar surface area (TPSA) is 31.2 Å². The summed E-state index contributed by atoms with van der Waals surface area (Å²) in [5.74, 6) is 0. The Bertz CT molecular complexity index is 799. The van der Waals surface area contributed by atoms with Crippen LogP contribution in [0.4, 0.5) is 17.1 Å². The van der Waals surface area contributed by atoms with Crippen LogP contribution in [-0.4, -0.2) is 45.6 Å². The van der Waals surface area contributed by atoms with Crippen molar-refractivity contribution < 1.29 is 0 Å². The van der Waals surface area contributed by atoms with Gasteiger partial charge in [0.15, 0.2) is 0 Å². The second-order valence-electron chi connectivity index (χ2n) is 6.09. The van der Waals surface area contributed by atoms with Gasteiger partial charge >= 0.3 is 0 Å². The number of allylic oxidation sites excluding steroid dienone is 1. The number of hydrogen-bond donors (Lipinski definition) is 0. The lowest BCUT2D eigenvalue weighted by Crippen LogP contribution is -2.07. The molecule has 0 spiro atoms. The standard InChI is InChI=1S/C20H22Cl2N4/c1-25(2)14-24-20-18(21)12-16(13-19(20)22)23-11-5-6-15-7-9-17(10-8-15)26(3)4/h5-14H,1-4H3. The van der Waals surface area contributed by atoms with E-state index in [0.717, 1.165) is 11.3 Å². The monoisotopic (exact) mass is 388 g/mol. The van der Waals surface area contributed by atoms with E-state index in [1.165, 1.54) is 0 Å². The van der Waals surface area contributed by atoms with Crippen molar-refractivity contribution in [2.24, 2.45) is 9.98 Å². The fourth-order valence-corrected chi connectivity index (χ4v) is 2.66. The molecule has 0 aliphatic carbocycles. The highest BCUT2D eigenvalue weighted by Gasteiger charge is 2.06. The normalized spacial score (nSPS) is 11.8. The minimum absolute atomic E-state index is 0.464. The molecule has 0 aliphatic rings. The third-order valence-electron chi connectivity index (χ3n) is 3.43.